The van der Waals surface area contributed by atoms with Gasteiger partial charge in [-0.25, -0.2) is 0 Å². The first-order valence-corrected chi connectivity index (χ1v) is 8.63. The zero-order chi connectivity index (χ0) is 18.0. The van der Waals surface area contributed by atoms with Crippen LogP contribution in [0.5, 0.6) is 5.75 Å². The van der Waals surface area contributed by atoms with Crippen molar-refractivity contribution in [2.45, 2.75) is 51.1 Å². The molecule has 0 aliphatic carbocycles. The Hall–Kier alpha value is -2.12. The minimum atomic E-state index is -0.641. The van der Waals surface area contributed by atoms with Crippen molar-refractivity contribution >= 4 is 18.3 Å². The zero-order valence-corrected chi connectivity index (χ0v) is 15.8. The third-order valence-corrected chi connectivity index (χ3v) is 4.50. The van der Waals surface area contributed by atoms with Crippen molar-refractivity contribution in [3.05, 3.63) is 41.5 Å². The Morgan fingerprint density at radius 2 is 2.08 bits per heavy atom. The molecule has 3 rings (SSSR count). The molecule has 2 heterocycles. The molecule has 0 unspecified atom stereocenters. The molecule has 1 aromatic heterocycles. The highest BCUT2D eigenvalue weighted by atomic mass is 35.5. The second-order valence-corrected chi connectivity index (χ2v) is 6.81. The summed E-state index contributed by atoms with van der Waals surface area (Å²) < 4.78 is 5.38. The molecule has 0 saturated carbocycles. The normalized spacial score (nSPS) is 18.0. The predicted octanol–water partition coefficient (Wildman–Crippen LogP) is 2.55. The van der Waals surface area contributed by atoms with Gasteiger partial charge < -0.3 is 20.3 Å². The van der Waals surface area contributed by atoms with E-state index in [1.807, 2.05) is 13.8 Å². The fraction of sp³-hybridized carbons (Fsp3) is 0.500. The van der Waals surface area contributed by atoms with E-state index in [0.29, 0.717) is 24.7 Å². The molecular weight excluding hydrogens is 356 g/mol. The zero-order valence-electron chi connectivity index (χ0n) is 15.0. The first-order chi connectivity index (χ1) is 12.0. The number of carbonyl (C=O) groups is 1. The molecule has 0 radical (unpaired) electrons. The molecule has 1 aliphatic heterocycles. The van der Waals surface area contributed by atoms with Gasteiger partial charge in [-0.15, -0.1) is 12.4 Å². The van der Waals surface area contributed by atoms with Crippen molar-refractivity contribution in [1.82, 2.24) is 15.0 Å². The van der Waals surface area contributed by atoms with Crippen LogP contribution in [0.25, 0.3) is 0 Å². The van der Waals surface area contributed by atoms with Gasteiger partial charge in [0.05, 0.1) is 6.04 Å². The lowest BCUT2D eigenvalue weighted by Crippen LogP contribution is -2.44. The molecule has 0 bridgehead atoms. The molecule has 1 aliphatic rings. The van der Waals surface area contributed by atoms with Gasteiger partial charge >= 0.3 is 0 Å². The van der Waals surface area contributed by atoms with Crippen LogP contribution in [0.15, 0.2) is 28.8 Å². The Kier molecular flexibility index (Phi) is 6.61. The van der Waals surface area contributed by atoms with Crippen LogP contribution in [-0.2, 0) is 11.2 Å². The van der Waals surface area contributed by atoms with Crippen molar-refractivity contribution in [1.29, 1.82) is 0 Å². The number of halogens is 1. The number of hydrogen-bond donors (Lipinski definition) is 2. The van der Waals surface area contributed by atoms with Crippen molar-refractivity contribution in [2.75, 3.05) is 6.54 Å². The Labute approximate surface area is 159 Å². The second kappa shape index (κ2) is 8.51. The maximum Gasteiger partial charge on any atom is 0.249 e. The molecule has 0 spiro atoms. The standard InChI is InChI=1S/C18H24N4O3.ClH/c1-11(2)16-20-17(25-21-16)15-4-3-9-22(15)18(24)14(19)10-12-5-7-13(23)8-6-12;/h5-8,11,14-15,23H,3-4,9-10,19H2,1-2H3;1H/t14-,15-;/m0./s1. The van der Waals surface area contributed by atoms with E-state index in [4.69, 9.17) is 10.3 Å². The summed E-state index contributed by atoms with van der Waals surface area (Å²) in [5.74, 6) is 1.41. The Bertz CT molecular complexity index is 732. The number of phenolic OH excluding ortho intramolecular Hbond substituents is 1. The third kappa shape index (κ3) is 4.34. The van der Waals surface area contributed by atoms with E-state index < -0.39 is 6.04 Å². The van der Waals surface area contributed by atoms with E-state index in [9.17, 15) is 9.90 Å². The van der Waals surface area contributed by atoms with Crippen LogP contribution in [-0.4, -0.2) is 38.6 Å². The van der Waals surface area contributed by atoms with Gasteiger partial charge in [-0.05, 0) is 37.0 Å². The van der Waals surface area contributed by atoms with Crippen LogP contribution in [0.3, 0.4) is 0 Å². The maximum atomic E-state index is 12.8. The van der Waals surface area contributed by atoms with Gasteiger partial charge in [0.2, 0.25) is 11.8 Å². The van der Waals surface area contributed by atoms with E-state index in [-0.39, 0.29) is 36.0 Å². The summed E-state index contributed by atoms with van der Waals surface area (Å²) in [6, 6.07) is 5.90. The van der Waals surface area contributed by atoms with Crippen LogP contribution in [0, 0.1) is 0 Å². The van der Waals surface area contributed by atoms with E-state index in [2.05, 4.69) is 10.1 Å². The molecule has 1 amide bonds. The summed E-state index contributed by atoms with van der Waals surface area (Å²) >= 11 is 0. The molecule has 3 N–H and O–H groups in total. The molecule has 2 atom stereocenters. The van der Waals surface area contributed by atoms with E-state index in [1.54, 1.807) is 29.2 Å². The van der Waals surface area contributed by atoms with Gasteiger partial charge in [0, 0.05) is 12.5 Å². The highest BCUT2D eigenvalue weighted by molar-refractivity contribution is 5.85. The molecule has 1 saturated heterocycles. The number of hydrogen-bond acceptors (Lipinski definition) is 6. The lowest BCUT2D eigenvalue weighted by Gasteiger charge is -2.25. The number of rotatable bonds is 5. The number of likely N-dealkylation sites (tertiary alicyclic amines) is 1. The Morgan fingerprint density at radius 3 is 2.69 bits per heavy atom. The van der Waals surface area contributed by atoms with Crippen molar-refractivity contribution in [3.63, 3.8) is 0 Å². The molecule has 26 heavy (non-hydrogen) atoms. The van der Waals surface area contributed by atoms with Gasteiger partial charge in [-0.2, -0.15) is 4.98 Å². The maximum absolute atomic E-state index is 12.8. The molecular formula is C18H25ClN4O3. The fourth-order valence-electron chi connectivity index (χ4n) is 3.09. The predicted molar refractivity (Wildman–Crippen MR) is 99.1 cm³/mol. The molecule has 7 nitrogen and oxygen atoms in total. The number of nitrogens with zero attached hydrogens (tertiary/aromatic N) is 3. The number of benzene rings is 1. The third-order valence-electron chi connectivity index (χ3n) is 4.50. The number of nitrogens with two attached hydrogens (primary N) is 1. The summed E-state index contributed by atoms with van der Waals surface area (Å²) in [5.41, 5.74) is 7.05. The SMILES string of the molecule is CC(C)c1noc([C@@H]2CCCN2C(=O)[C@@H](N)Cc2ccc(O)cc2)n1.Cl. The number of aromatic nitrogens is 2. The largest absolute Gasteiger partial charge is 0.508 e. The van der Waals surface area contributed by atoms with Crippen LogP contribution in [0.4, 0.5) is 0 Å². The Balaban J connectivity index is 0.00000243. The van der Waals surface area contributed by atoms with Crippen LogP contribution in [0.1, 0.15) is 55.9 Å². The molecule has 1 aromatic carbocycles. The second-order valence-electron chi connectivity index (χ2n) is 6.81. The summed E-state index contributed by atoms with van der Waals surface area (Å²) in [5, 5.41) is 13.3. The van der Waals surface area contributed by atoms with Gasteiger partial charge in [0.15, 0.2) is 5.82 Å². The van der Waals surface area contributed by atoms with Crippen LogP contribution in [0.2, 0.25) is 0 Å². The molecule has 8 heteroatoms. The Morgan fingerprint density at radius 1 is 1.38 bits per heavy atom. The van der Waals surface area contributed by atoms with Gasteiger partial charge in [0.1, 0.15) is 11.8 Å². The van der Waals surface area contributed by atoms with E-state index >= 15 is 0 Å². The average molecular weight is 381 g/mol. The quantitative estimate of drug-likeness (QED) is 0.825. The summed E-state index contributed by atoms with van der Waals surface area (Å²) in [7, 11) is 0. The summed E-state index contributed by atoms with van der Waals surface area (Å²) in [6.45, 7) is 4.64. The number of aromatic hydroxyl groups is 1. The first-order valence-electron chi connectivity index (χ1n) is 8.63. The number of phenols is 1. The van der Waals surface area contributed by atoms with Gasteiger partial charge in [-0.1, -0.05) is 31.1 Å². The number of amides is 1. The average Bonchev–Trinajstić information content (AvgIpc) is 3.24. The highest BCUT2D eigenvalue weighted by Gasteiger charge is 2.36. The highest BCUT2D eigenvalue weighted by Crippen LogP contribution is 2.32. The smallest absolute Gasteiger partial charge is 0.249 e. The molecule has 1 fully saturated rings. The number of carbonyl (C=O) groups excluding carboxylic acids is 1. The molecule has 142 valence electrons. The van der Waals surface area contributed by atoms with E-state index in [1.165, 1.54) is 0 Å². The topological polar surface area (TPSA) is 105 Å². The van der Waals surface area contributed by atoms with Crippen molar-refractivity contribution < 1.29 is 14.4 Å². The van der Waals surface area contributed by atoms with Gasteiger partial charge in [-0.3, -0.25) is 4.79 Å². The van der Waals surface area contributed by atoms with Crippen molar-refractivity contribution in [2.24, 2.45) is 5.73 Å². The minimum Gasteiger partial charge on any atom is -0.508 e. The monoisotopic (exact) mass is 380 g/mol. The van der Waals surface area contributed by atoms with Crippen LogP contribution >= 0.6 is 12.4 Å². The minimum absolute atomic E-state index is 0. The van der Waals surface area contributed by atoms with E-state index in [0.717, 1.165) is 18.4 Å². The lowest BCUT2D eigenvalue weighted by molar-refractivity contribution is -0.134. The van der Waals surface area contributed by atoms with Crippen molar-refractivity contribution in [3.8, 4) is 5.75 Å². The van der Waals surface area contributed by atoms with Crippen LogP contribution < -0.4 is 5.73 Å². The lowest BCUT2D eigenvalue weighted by atomic mass is 10.0. The summed E-state index contributed by atoms with van der Waals surface area (Å²) in [6.07, 6.45) is 2.11. The van der Waals surface area contributed by atoms with Gasteiger partial charge in [0.25, 0.3) is 0 Å². The molecule has 2 aromatic rings. The summed E-state index contributed by atoms with van der Waals surface area (Å²) in [4.78, 5) is 19.0. The first kappa shape index (κ1) is 20.2. The fourth-order valence-corrected chi connectivity index (χ4v) is 3.09.